The van der Waals surface area contributed by atoms with E-state index < -0.39 is 8.32 Å². The van der Waals surface area contributed by atoms with Crippen LogP contribution in [-0.2, 0) is 4.43 Å². The maximum Gasteiger partial charge on any atom is 0.183 e. The first kappa shape index (κ1) is 13.4. The van der Waals surface area contributed by atoms with Gasteiger partial charge in [-0.25, -0.2) is 0 Å². The van der Waals surface area contributed by atoms with E-state index in [2.05, 4.69) is 19.6 Å². The summed E-state index contributed by atoms with van der Waals surface area (Å²) in [6.45, 7) is 7.37. The highest BCUT2D eigenvalue weighted by Gasteiger charge is 2.13. The van der Waals surface area contributed by atoms with Gasteiger partial charge in [0.15, 0.2) is 8.32 Å². The van der Waals surface area contributed by atoms with Gasteiger partial charge in [0.1, 0.15) is 0 Å². The molecule has 0 saturated heterocycles. The molecule has 80 valence electrons. The van der Waals surface area contributed by atoms with E-state index in [-0.39, 0.29) is 6.10 Å². The molecule has 1 atom stereocenters. The Hall–Kier alpha value is 0.427. The Morgan fingerprint density at radius 1 is 1.31 bits per heavy atom. The molecule has 0 radical (unpaired) electrons. The maximum atomic E-state index is 9.15. The lowest BCUT2D eigenvalue weighted by atomic mass is 10.2. The molecule has 0 spiro atoms. The van der Waals surface area contributed by atoms with Crippen molar-refractivity contribution >= 4 is 19.9 Å². The lowest BCUT2D eigenvalue weighted by molar-refractivity contribution is 0.179. The van der Waals surface area contributed by atoms with Gasteiger partial charge in [0, 0.05) is 12.5 Å². The van der Waals surface area contributed by atoms with Gasteiger partial charge in [0.25, 0.3) is 0 Å². The molecule has 0 rings (SSSR count). The molecule has 0 heterocycles. The first-order valence-electron chi connectivity index (χ1n) is 4.83. The van der Waals surface area contributed by atoms with Gasteiger partial charge >= 0.3 is 0 Å². The third-order valence-corrected chi connectivity index (χ3v) is 3.07. The lowest BCUT2D eigenvalue weighted by Crippen LogP contribution is -2.25. The predicted molar refractivity (Wildman–Crippen MR) is 59.9 cm³/mol. The molecular formula is C9H21ClO2Si. The molecule has 0 bridgehead atoms. The SMILES string of the molecule is C[Si](C)(C)OCCCCC(O)CCl. The summed E-state index contributed by atoms with van der Waals surface area (Å²) >= 11 is 5.46. The van der Waals surface area contributed by atoms with Gasteiger partial charge in [-0.1, -0.05) is 0 Å². The number of unbranched alkanes of at least 4 members (excludes halogenated alkanes) is 1. The molecule has 0 aromatic rings. The minimum atomic E-state index is -1.33. The Balaban J connectivity index is 3.18. The zero-order valence-corrected chi connectivity index (χ0v) is 10.6. The van der Waals surface area contributed by atoms with Crippen molar-refractivity contribution in [3.05, 3.63) is 0 Å². The van der Waals surface area contributed by atoms with E-state index in [1.807, 2.05) is 0 Å². The summed E-state index contributed by atoms with van der Waals surface area (Å²) in [6, 6.07) is 0. The molecule has 0 aromatic heterocycles. The third-order valence-electron chi connectivity index (χ3n) is 1.64. The molecular weight excluding hydrogens is 204 g/mol. The van der Waals surface area contributed by atoms with Crippen molar-refractivity contribution in [2.24, 2.45) is 0 Å². The Morgan fingerprint density at radius 3 is 2.38 bits per heavy atom. The summed E-state index contributed by atoms with van der Waals surface area (Å²) in [6.07, 6.45) is 2.48. The number of alkyl halides is 1. The summed E-state index contributed by atoms with van der Waals surface area (Å²) in [5.41, 5.74) is 0. The van der Waals surface area contributed by atoms with Crippen molar-refractivity contribution in [3.8, 4) is 0 Å². The third kappa shape index (κ3) is 10.3. The number of hydrogen-bond donors (Lipinski definition) is 1. The van der Waals surface area contributed by atoms with Crippen molar-refractivity contribution in [1.82, 2.24) is 0 Å². The Kier molecular flexibility index (Phi) is 7.04. The van der Waals surface area contributed by atoms with Crippen molar-refractivity contribution in [2.45, 2.75) is 45.0 Å². The van der Waals surface area contributed by atoms with E-state index in [0.29, 0.717) is 5.88 Å². The van der Waals surface area contributed by atoms with Crippen LogP contribution in [0.3, 0.4) is 0 Å². The molecule has 2 nitrogen and oxygen atoms in total. The highest BCUT2D eigenvalue weighted by atomic mass is 35.5. The standard InChI is InChI=1S/C9H21ClO2Si/c1-13(2,3)12-7-5-4-6-9(11)8-10/h9,11H,4-8H2,1-3H3. The van der Waals surface area contributed by atoms with E-state index in [1.54, 1.807) is 0 Å². The average Bonchev–Trinajstić information content (AvgIpc) is 2.01. The van der Waals surface area contributed by atoms with Gasteiger partial charge < -0.3 is 9.53 Å². The van der Waals surface area contributed by atoms with E-state index in [4.69, 9.17) is 21.1 Å². The molecule has 4 heteroatoms. The van der Waals surface area contributed by atoms with Crippen LogP contribution in [0.1, 0.15) is 19.3 Å². The number of halogens is 1. The van der Waals surface area contributed by atoms with Crippen LogP contribution in [0.5, 0.6) is 0 Å². The van der Waals surface area contributed by atoms with Crippen LogP contribution in [0, 0.1) is 0 Å². The Bertz CT molecular complexity index is 125. The summed E-state index contributed by atoms with van der Waals surface area (Å²) < 4.78 is 5.67. The predicted octanol–water partition coefficient (Wildman–Crippen LogP) is 2.61. The fourth-order valence-corrected chi connectivity index (χ4v) is 1.85. The van der Waals surface area contributed by atoms with Crippen LogP contribution in [0.4, 0.5) is 0 Å². The fourth-order valence-electron chi connectivity index (χ4n) is 0.938. The highest BCUT2D eigenvalue weighted by Crippen LogP contribution is 2.06. The molecule has 0 amide bonds. The van der Waals surface area contributed by atoms with Crippen LogP contribution in [0.25, 0.3) is 0 Å². The van der Waals surface area contributed by atoms with Crippen LogP contribution in [0.2, 0.25) is 19.6 Å². The molecule has 0 saturated carbocycles. The Morgan fingerprint density at radius 2 is 1.92 bits per heavy atom. The molecule has 0 aliphatic heterocycles. The van der Waals surface area contributed by atoms with E-state index >= 15 is 0 Å². The van der Waals surface area contributed by atoms with Gasteiger partial charge in [-0.3, -0.25) is 0 Å². The van der Waals surface area contributed by atoms with E-state index in [1.165, 1.54) is 0 Å². The van der Waals surface area contributed by atoms with Gasteiger partial charge in [0.05, 0.1) is 6.10 Å². The van der Waals surface area contributed by atoms with Crippen molar-refractivity contribution in [1.29, 1.82) is 0 Å². The highest BCUT2D eigenvalue weighted by molar-refractivity contribution is 6.69. The van der Waals surface area contributed by atoms with Gasteiger partial charge in [-0.2, -0.15) is 0 Å². The van der Waals surface area contributed by atoms with Crippen molar-refractivity contribution in [3.63, 3.8) is 0 Å². The number of aliphatic hydroxyl groups is 1. The van der Waals surface area contributed by atoms with E-state index in [9.17, 15) is 0 Å². The summed E-state index contributed by atoms with van der Waals surface area (Å²) in [5.74, 6) is 0.342. The summed E-state index contributed by atoms with van der Waals surface area (Å²) in [5, 5.41) is 9.15. The molecule has 13 heavy (non-hydrogen) atoms. The number of hydrogen-bond acceptors (Lipinski definition) is 2. The van der Waals surface area contributed by atoms with Crippen molar-refractivity contribution in [2.75, 3.05) is 12.5 Å². The van der Waals surface area contributed by atoms with Gasteiger partial charge in [0.2, 0.25) is 0 Å². The first-order chi connectivity index (χ1) is 5.95. The van der Waals surface area contributed by atoms with E-state index in [0.717, 1.165) is 25.9 Å². The summed E-state index contributed by atoms with van der Waals surface area (Å²) in [4.78, 5) is 0. The minimum Gasteiger partial charge on any atom is -0.418 e. The second-order valence-electron chi connectivity index (χ2n) is 4.26. The topological polar surface area (TPSA) is 29.5 Å². The van der Waals surface area contributed by atoms with Crippen LogP contribution in [0.15, 0.2) is 0 Å². The largest absolute Gasteiger partial charge is 0.418 e. The molecule has 0 aromatic carbocycles. The smallest absolute Gasteiger partial charge is 0.183 e. The minimum absolute atomic E-state index is 0.339. The maximum absolute atomic E-state index is 9.15. The first-order valence-corrected chi connectivity index (χ1v) is 8.78. The lowest BCUT2D eigenvalue weighted by Gasteiger charge is -2.17. The Labute approximate surface area is 87.4 Å². The molecule has 0 aliphatic carbocycles. The number of aliphatic hydroxyl groups excluding tert-OH is 1. The molecule has 1 unspecified atom stereocenters. The quantitative estimate of drug-likeness (QED) is 0.409. The average molecular weight is 225 g/mol. The molecule has 0 aliphatic rings. The second kappa shape index (κ2) is 6.82. The normalized spacial score (nSPS) is 14.5. The second-order valence-corrected chi connectivity index (χ2v) is 9.09. The number of rotatable bonds is 7. The van der Waals surface area contributed by atoms with Crippen molar-refractivity contribution < 1.29 is 9.53 Å². The summed E-state index contributed by atoms with van der Waals surface area (Å²) in [7, 11) is -1.33. The van der Waals surface area contributed by atoms with Gasteiger partial charge in [-0.05, 0) is 38.9 Å². The van der Waals surface area contributed by atoms with Crippen LogP contribution >= 0.6 is 11.6 Å². The molecule has 1 N–H and O–H groups in total. The fraction of sp³-hybridized carbons (Fsp3) is 1.00. The molecule has 0 fully saturated rings. The zero-order chi connectivity index (χ0) is 10.3. The zero-order valence-electron chi connectivity index (χ0n) is 8.85. The van der Waals surface area contributed by atoms with Crippen LogP contribution in [-0.4, -0.2) is 32.0 Å². The van der Waals surface area contributed by atoms with Gasteiger partial charge in [-0.15, -0.1) is 11.6 Å². The monoisotopic (exact) mass is 224 g/mol. The van der Waals surface area contributed by atoms with Crippen LogP contribution < -0.4 is 0 Å².